The SMILES string of the molecule is CC(C)(C)c1cc2c(OCC(=O)Nc3cccnc3)c(c1)Sc1cc(C(C)(C)C)cc(c1OCC(=O)Nc1cccnc1)Sc1cc(C(C)(C)C)cc(c1OCC(=O)Nc1cccnc1)Sc1cc(C(C)(C)C)cc(c1OCC(=O)Nc1cccnc1)S2. The number of nitrogens with one attached hydrogen (secondary N) is 4. The monoisotopic (exact) mass is 1260 g/mol. The van der Waals surface area contributed by atoms with Crippen molar-refractivity contribution in [3.05, 3.63) is 169 Å². The smallest absolute Gasteiger partial charge is 0.262 e. The van der Waals surface area contributed by atoms with Crippen LogP contribution in [0.25, 0.3) is 0 Å². The maximum atomic E-state index is 14.1. The van der Waals surface area contributed by atoms with Gasteiger partial charge in [0.2, 0.25) is 0 Å². The van der Waals surface area contributed by atoms with Gasteiger partial charge in [0.1, 0.15) is 23.0 Å². The molecule has 8 aromatic rings. The quantitative estimate of drug-likeness (QED) is 0.0710. The molecular weight excluding hydrogens is 1190 g/mol. The fraction of sp³-hybridized carbons (Fsp3) is 0.294. The van der Waals surface area contributed by atoms with Gasteiger partial charge in [-0.2, -0.15) is 0 Å². The number of carbonyl (C=O) groups is 4. The topological polar surface area (TPSA) is 205 Å². The lowest BCUT2D eigenvalue weighted by Crippen LogP contribution is -2.21. The minimum Gasteiger partial charge on any atom is -0.481 e. The Hall–Kier alpha value is -8.04. The van der Waals surface area contributed by atoms with E-state index in [4.69, 9.17) is 18.9 Å². The molecule has 16 nitrogen and oxygen atoms in total. The second kappa shape index (κ2) is 27.6. The first-order valence-corrected chi connectivity index (χ1v) is 31.8. The summed E-state index contributed by atoms with van der Waals surface area (Å²) >= 11 is 5.55. The normalized spacial score (nSPS) is 12.5. The summed E-state index contributed by atoms with van der Waals surface area (Å²) in [7, 11) is 0. The molecule has 4 amide bonds. The van der Waals surface area contributed by atoms with E-state index in [0.29, 0.717) is 84.9 Å². The average molecular weight is 1260 g/mol. The van der Waals surface area contributed by atoms with Crippen molar-refractivity contribution in [2.45, 2.75) is 144 Å². The zero-order valence-corrected chi connectivity index (χ0v) is 54.6. The van der Waals surface area contributed by atoms with Crippen LogP contribution < -0.4 is 40.2 Å². The van der Waals surface area contributed by atoms with Crippen LogP contribution in [0, 0.1) is 0 Å². The summed E-state index contributed by atoms with van der Waals surface area (Å²) in [6, 6.07) is 30.6. The van der Waals surface area contributed by atoms with E-state index in [1.165, 1.54) is 47.0 Å². The molecule has 4 aromatic carbocycles. The van der Waals surface area contributed by atoms with Gasteiger partial charge in [0.25, 0.3) is 23.6 Å². The average Bonchev–Trinajstić information content (AvgIpc) is 1.07. The molecule has 0 radical (unpaired) electrons. The molecule has 4 N–H and O–H groups in total. The Morgan fingerprint density at radius 3 is 0.659 bits per heavy atom. The molecule has 0 unspecified atom stereocenters. The Bertz CT molecular complexity index is 3240. The third-order valence-electron chi connectivity index (χ3n) is 13.6. The number of anilines is 4. The number of carbonyl (C=O) groups excluding carboxylic acids is 4. The predicted octanol–water partition coefficient (Wildman–Crippen LogP) is 15.4. The highest BCUT2D eigenvalue weighted by atomic mass is 32.2. The molecule has 4 aromatic heterocycles. The van der Waals surface area contributed by atoms with Crippen LogP contribution in [0.4, 0.5) is 22.7 Å². The molecule has 9 rings (SSSR count). The van der Waals surface area contributed by atoms with E-state index in [0.717, 1.165) is 22.3 Å². The van der Waals surface area contributed by atoms with Gasteiger partial charge in [-0.15, -0.1) is 0 Å². The lowest BCUT2D eigenvalue weighted by atomic mass is 9.87. The molecule has 0 spiro atoms. The molecule has 88 heavy (non-hydrogen) atoms. The Labute approximate surface area is 531 Å². The number of pyridine rings is 4. The van der Waals surface area contributed by atoms with Gasteiger partial charge in [-0.05, 0) is 141 Å². The number of amides is 4. The molecule has 0 fully saturated rings. The van der Waals surface area contributed by atoms with E-state index in [1.807, 2.05) is 0 Å². The van der Waals surface area contributed by atoms with Gasteiger partial charge in [-0.1, -0.05) is 130 Å². The fourth-order valence-electron chi connectivity index (χ4n) is 8.77. The maximum Gasteiger partial charge on any atom is 0.262 e. The first kappa shape index (κ1) is 64.4. The molecule has 0 saturated heterocycles. The molecule has 8 bridgehead atoms. The van der Waals surface area contributed by atoms with Crippen LogP contribution >= 0.6 is 47.0 Å². The van der Waals surface area contributed by atoms with Gasteiger partial charge in [0.15, 0.2) is 26.4 Å². The minimum atomic E-state index is -0.434. The highest BCUT2D eigenvalue weighted by Crippen LogP contribution is 2.56. The van der Waals surface area contributed by atoms with Gasteiger partial charge < -0.3 is 40.2 Å². The summed E-state index contributed by atoms with van der Waals surface area (Å²) in [5.74, 6) is -0.102. The van der Waals surface area contributed by atoms with Crippen molar-refractivity contribution in [1.82, 2.24) is 19.9 Å². The summed E-state index contributed by atoms with van der Waals surface area (Å²) in [5, 5.41) is 11.7. The van der Waals surface area contributed by atoms with E-state index < -0.39 is 45.3 Å². The summed E-state index contributed by atoms with van der Waals surface area (Å²) in [5.41, 5.74) is 4.07. The lowest BCUT2D eigenvalue weighted by molar-refractivity contribution is -0.118. The molecule has 456 valence electrons. The molecule has 0 aliphatic carbocycles. The second-order valence-electron chi connectivity index (χ2n) is 24.9. The summed E-state index contributed by atoms with van der Waals surface area (Å²) in [4.78, 5) is 78.1. The van der Waals surface area contributed by atoms with Crippen molar-refractivity contribution in [1.29, 1.82) is 0 Å². The van der Waals surface area contributed by atoms with Crippen molar-refractivity contribution in [2.75, 3.05) is 47.7 Å². The second-order valence-corrected chi connectivity index (χ2v) is 29.3. The first-order valence-electron chi connectivity index (χ1n) is 28.5. The van der Waals surface area contributed by atoms with Gasteiger partial charge in [-0.3, -0.25) is 39.1 Å². The zero-order valence-electron chi connectivity index (χ0n) is 51.4. The Balaban J connectivity index is 1.33. The Kier molecular flexibility index (Phi) is 20.2. The van der Waals surface area contributed by atoms with E-state index >= 15 is 0 Å². The third kappa shape index (κ3) is 17.2. The maximum absolute atomic E-state index is 14.1. The number of nitrogens with zero attached hydrogens (tertiary/aromatic N) is 4. The molecule has 1 aliphatic heterocycles. The van der Waals surface area contributed by atoms with E-state index in [9.17, 15) is 19.2 Å². The summed E-state index contributed by atoms with van der Waals surface area (Å²) < 4.78 is 27.5. The van der Waals surface area contributed by atoms with Crippen LogP contribution in [-0.4, -0.2) is 70.0 Å². The van der Waals surface area contributed by atoms with E-state index in [2.05, 4.69) is 173 Å². The highest BCUT2D eigenvalue weighted by molar-refractivity contribution is 8.01. The third-order valence-corrected chi connectivity index (χ3v) is 17.8. The van der Waals surface area contributed by atoms with Crippen molar-refractivity contribution < 1.29 is 38.1 Å². The van der Waals surface area contributed by atoms with Crippen LogP contribution in [-0.2, 0) is 40.8 Å². The van der Waals surface area contributed by atoms with Gasteiger partial charge in [0.05, 0.1) is 86.7 Å². The van der Waals surface area contributed by atoms with Crippen LogP contribution in [0.5, 0.6) is 23.0 Å². The van der Waals surface area contributed by atoms with E-state index in [-0.39, 0.29) is 26.4 Å². The van der Waals surface area contributed by atoms with Crippen LogP contribution in [0.2, 0.25) is 0 Å². The molecule has 5 heterocycles. The Morgan fingerprint density at radius 2 is 0.511 bits per heavy atom. The number of hydrogen-bond acceptors (Lipinski definition) is 16. The number of rotatable bonds is 16. The highest BCUT2D eigenvalue weighted by Gasteiger charge is 2.32. The van der Waals surface area contributed by atoms with Gasteiger partial charge in [0, 0.05) is 24.8 Å². The molecule has 0 saturated carbocycles. The summed E-state index contributed by atoms with van der Waals surface area (Å²) in [6.07, 6.45) is 12.8. The van der Waals surface area contributed by atoms with Crippen LogP contribution in [0.15, 0.2) is 186 Å². The van der Waals surface area contributed by atoms with Gasteiger partial charge >= 0.3 is 0 Å². The molecule has 0 atom stereocenters. The number of benzene rings is 4. The van der Waals surface area contributed by atoms with Crippen molar-refractivity contribution in [2.24, 2.45) is 0 Å². The first-order chi connectivity index (χ1) is 41.7. The molecular formula is C68H72N8O8S4. The van der Waals surface area contributed by atoms with Crippen LogP contribution in [0.3, 0.4) is 0 Å². The standard InChI is InChI=1S/C68H72N8O8S4/c1-65(2,3)41-25-49-61(81-37-57(77)73-45-17-13-21-69-33-45)50(26-41)86-52-28-43(67(7,8)9)30-54(63(52)83-39-59(79)75-47-19-15-23-71-35-47)88-56-32-44(68(10,11)12)31-55(64(56)84-40-60(80)76-48-20-16-24-72-36-48)87-53-29-42(66(4,5)6)27-51(85-49)62(53)82-38-58(78)74-46-18-14-22-70-34-46/h13-36H,37-40H2,1-12H3,(H,73,77)(H,74,78)(H,75,79)(H,76,80). The molecule has 20 heteroatoms. The minimum absolute atomic E-state index is 0.388. The van der Waals surface area contributed by atoms with Crippen LogP contribution in [0.1, 0.15) is 105 Å². The van der Waals surface area contributed by atoms with Gasteiger partial charge in [-0.25, -0.2) is 0 Å². The largest absolute Gasteiger partial charge is 0.481 e. The number of aromatic nitrogens is 4. The number of hydrogen-bond donors (Lipinski definition) is 4. The van der Waals surface area contributed by atoms with Crippen molar-refractivity contribution >= 4 is 93.4 Å². The predicted molar refractivity (Wildman–Crippen MR) is 351 cm³/mol. The number of fused-ring (bicyclic) bond motifs is 8. The zero-order chi connectivity index (χ0) is 63.0. The van der Waals surface area contributed by atoms with Crippen molar-refractivity contribution in [3.8, 4) is 23.0 Å². The Morgan fingerprint density at radius 1 is 0.330 bits per heavy atom. The number of ether oxygens (including phenoxy) is 4. The van der Waals surface area contributed by atoms with Crippen molar-refractivity contribution in [3.63, 3.8) is 0 Å². The fourth-order valence-corrected chi connectivity index (χ4v) is 13.6. The lowest BCUT2D eigenvalue weighted by Gasteiger charge is -2.28. The molecule has 1 aliphatic rings. The summed E-state index contributed by atoms with van der Waals surface area (Å²) in [6.45, 7) is 24.1. The van der Waals surface area contributed by atoms with E-state index in [1.54, 1.807) is 98.1 Å².